The molecule has 0 unspecified atom stereocenters. The molecule has 0 aliphatic rings. The number of hydrogen-bond donors (Lipinski definition) is 2. The van der Waals surface area contributed by atoms with Crippen LogP contribution in [0.15, 0.2) is 18.2 Å². The number of methoxy groups -OCH3 is 1. The van der Waals surface area contributed by atoms with Crippen molar-refractivity contribution < 1.29 is 19.5 Å². The molecule has 4 nitrogen and oxygen atoms in total. The highest BCUT2D eigenvalue weighted by Gasteiger charge is 2.26. The van der Waals surface area contributed by atoms with Crippen LogP contribution in [-0.2, 0) is 4.74 Å². The summed E-state index contributed by atoms with van der Waals surface area (Å²) in [7, 11) is -1.60. The smallest absolute Gasteiger partial charge is 0.468 e. The van der Waals surface area contributed by atoms with Gasteiger partial charge in [-0.25, -0.2) is 0 Å². The van der Waals surface area contributed by atoms with Gasteiger partial charge in [-0.05, 0) is 5.19 Å². The summed E-state index contributed by atoms with van der Waals surface area (Å²) >= 11 is 0. The summed E-state index contributed by atoms with van der Waals surface area (Å²) < 4.78 is 10.4. The zero-order valence-corrected chi connectivity index (χ0v) is 11.7. The fourth-order valence-electron chi connectivity index (χ4n) is 1.63. The van der Waals surface area contributed by atoms with E-state index < -0.39 is 15.2 Å². The maximum atomic E-state index is 9.34. The topological polar surface area (TPSA) is 58.9 Å². The Morgan fingerprint density at radius 3 is 2.35 bits per heavy atom. The van der Waals surface area contributed by atoms with Gasteiger partial charge in [0, 0.05) is 12.6 Å². The number of benzene rings is 1. The second-order valence-corrected chi connectivity index (χ2v) is 9.94. The molecule has 0 heterocycles. The Bertz CT molecular complexity index is 376. The Balaban J connectivity index is 3.24. The molecule has 0 fully saturated rings. The molecule has 0 aromatic heterocycles. The van der Waals surface area contributed by atoms with E-state index in [0.717, 1.165) is 5.19 Å². The van der Waals surface area contributed by atoms with Crippen LogP contribution in [0.1, 0.15) is 0 Å². The first-order valence-corrected chi connectivity index (χ1v) is 8.99. The van der Waals surface area contributed by atoms with E-state index in [1.807, 2.05) is 12.1 Å². The van der Waals surface area contributed by atoms with Crippen LogP contribution in [0.5, 0.6) is 5.75 Å². The van der Waals surface area contributed by atoms with E-state index in [0.29, 0.717) is 11.2 Å². The summed E-state index contributed by atoms with van der Waals surface area (Å²) in [4.78, 5) is 0. The van der Waals surface area contributed by atoms with Crippen LogP contribution in [0.4, 0.5) is 0 Å². The summed E-state index contributed by atoms with van der Waals surface area (Å²) in [6.45, 7) is 6.63. The molecule has 2 N–H and O–H groups in total. The van der Waals surface area contributed by atoms with Gasteiger partial charge in [-0.2, -0.15) is 0 Å². The minimum absolute atomic E-state index is 0.0984. The standard InChI is InChI=1S/C11H19BO4Si/c1-15-8-16-11-9(12(13)14)6-5-7-10(11)17(2,3)4/h5-7,13-14H,8H2,1-4H3. The average molecular weight is 254 g/mol. The fourth-order valence-corrected chi connectivity index (χ4v) is 3.12. The Morgan fingerprint density at radius 1 is 1.24 bits per heavy atom. The van der Waals surface area contributed by atoms with Gasteiger partial charge >= 0.3 is 7.12 Å². The molecule has 1 aromatic rings. The minimum atomic E-state index is -1.61. The van der Waals surface area contributed by atoms with Gasteiger partial charge in [0.25, 0.3) is 0 Å². The third-order valence-electron chi connectivity index (χ3n) is 2.45. The summed E-state index contributed by atoms with van der Waals surface area (Å²) in [6, 6.07) is 5.45. The van der Waals surface area contributed by atoms with Gasteiger partial charge < -0.3 is 19.5 Å². The molecule has 0 aliphatic heterocycles. The highest BCUT2D eigenvalue weighted by Crippen LogP contribution is 2.13. The Kier molecular flexibility index (Phi) is 4.76. The van der Waals surface area contributed by atoms with Gasteiger partial charge in [0.2, 0.25) is 0 Å². The lowest BCUT2D eigenvalue weighted by Gasteiger charge is -2.23. The summed E-state index contributed by atoms with van der Waals surface area (Å²) in [5, 5.41) is 19.7. The summed E-state index contributed by atoms with van der Waals surface area (Å²) in [6.07, 6.45) is 0. The second kappa shape index (κ2) is 5.68. The minimum Gasteiger partial charge on any atom is -0.468 e. The zero-order chi connectivity index (χ0) is 13.1. The zero-order valence-electron chi connectivity index (χ0n) is 10.7. The maximum Gasteiger partial charge on any atom is 0.492 e. The second-order valence-electron chi connectivity index (χ2n) is 4.90. The summed E-state index contributed by atoms with van der Waals surface area (Å²) in [5.41, 5.74) is 0.391. The molecule has 0 saturated heterocycles. The molecular weight excluding hydrogens is 235 g/mol. The molecule has 0 amide bonds. The molecule has 0 saturated carbocycles. The Hall–Kier alpha value is -0.818. The average Bonchev–Trinajstić information content (AvgIpc) is 2.24. The van der Waals surface area contributed by atoms with Crippen molar-refractivity contribution in [2.45, 2.75) is 19.6 Å². The number of hydrogen-bond acceptors (Lipinski definition) is 4. The normalized spacial score (nSPS) is 11.4. The Morgan fingerprint density at radius 2 is 1.88 bits per heavy atom. The number of rotatable bonds is 5. The maximum absolute atomic E-state index is 9.34. The van der Waals surface area contributed by atoms with E-state index in [1.165, 1.54) is 7.11 Å². The molecule has 0 aliphatic carbocycles. The third kappa shape index (κ3) is 3.57. The summed E-state index contributed by atoms with van der Waals surface area (Å²) in [5.74, 6) is 0.545. The molecule has 94 valence electrons. The molecule has 6 heteroatoms. The molecule has 0 bridgehead atoms. The van der Waals surface area contributed by atoms with E-state index in [4.69, 9.17) is 9.47 Å². The monoisotopic (exact) mass is 254 g/mol. The van der Waals surface area contributed by atoms with Crippen LogP contribution in [-0.4, -0.2) is 39.1 Å². The predicted molar refractivity (Wildman–Crippen MR) is 71.8 cm³/mol. The quantitative estimate of drug-likeness (QED) is 0.569. The highest BCUT2D eigenvalue weighted by atomic mass is 28.3. The third-order valence-corrected chi connectivity index (χ3v) is 4.46. The molecule has 17 heavy (non-hydrogen) atoms. The van der Waals surface area contributed by atoms with Crippen molar-refractivity contribution in [3.05, 3.63) is 18.2 Å². The van der Waals surface area contributed by atoms with Crippen molar-refractivity contribution >= 4 is 25.8 Å². The molecule has 1 rings (SSSR count). The van der Waals surface area contributed by atoms with E-state index >= 15 is 0 Å². The van der Waals surface area contributed by atoms with Crippen LogP contribution >= 0.6 is 0 Å². The van der Waals surface area contributed by atoms with Crippen LogP contribution < -0.4 is 15.4 Å². The van der Waals surface area contributed by atoms with Crippen molar-refractivity contribution in [2.24, 2.45) is 0 Å². The fraction of sp³-hybridized carbons (Fsp3) is 0.455. The largest absolute Gasteiger partial charge is 0.492 e. The number of para-hydroxylation sites is 1. The van der Waals surface area contributed by atoms with E-state index in [1.54, 1.807) is 6.07 Å². The van der Waals surface area contributed by atoms with Crippen molar-refractivity contribution in [2.75, 3.05) is 13.9 Å². The lowest BCUT2D eigenvalue weighted by Crippen LogP contribution is -2.44. The van der Waals surface area contributed by atoms with Gasteiger partial charge in [-0.3, -0.25) is 0 Å². The molecule has 1 aromatic carbocycles. The predicted octanol–water partition coefficient (Wildman–Crippen LogP) is -0.106. The van der Waals surface area contributed by atoms with E-state index in [-0.39, 0.29) is 6.79 Å². The first kappa shape index (κ1) is 14.2. The lowest BCUT2D eigenvalue weighted by atomic mass is 9.79. The van der Waals surface area contributed by atoms with Crippen LogP contribution in [0.2, 0.25) is 19.6 Å². The molecule has 0 radical (unpaired) electrons. The van der Waals surface area contributed by atoms with Crippen LogP contribution in [0.25, 0.3) is 0 Å². The number of ether oxygens (including phenoxy) is 2. The molecule has 0 atom stereocenters. The first-order valence-electron chi connectivity index (χ1n) is 5.49. The van der Waals surface area contributed by atoms with Gasteiger partial charge in [-0.1, -0.05) is 37.8 Å². The molecule has 0 spiro atoms. The van der Waals surface area contributed by atoms with Gasteiger partial charge in [0.05, 0.1) is 8.07 Å². The van der Waals surface area contributed by atoms with Crippen molar-refractivity contribution in [3.8, 4) is 5.75 Å². The Labute approximate surface area is 103 Å². The van der Waals surface area contributed by atoms with Crippen molar-refractivity contribution in [1.82, 2.24) is 0 Å². The van der Waals surface area contributed by atoms with E-state index in [9.17, 15) is 10.0 Å². The van der Waals surface area contributed by atoms with Gasteiger partial charge in [-0.15, -0.1) is 0 Å². The van der Waals surface area contributed by atoms with Crippen LogP contribution in [0.3, 0.4) is 0 Å². The van der Waals surface area contributed by atoms with Crippen molar-refractivity contribution in [1.29, 1.82) is 0 Å². The highest BCUT2D eigenvalue weighted by molar-refractivity contribution is 6.89. The van der Waals surface area contributed by atoms with Gasteiger partial charge in [0.15, 0.2) is 6.79 Å². The van der Waals surface area contributed by atoms with Crippen LogP contribution in [0, 0.1) is 0 Å². The van der Waals surface area contributed by atoms with Gasteiger partial charge in [0.1, 0.15) is 5.75 Å². The SMILES string of the molecule is COCOc1c(B(O)O)cccc1[Si](C)(C)C. The molecular formula is C11H19BO4Si. The lowest BCUT2D eigenvalue weighted by molar-refractivity contribution is 0.0524. The van der Waals surface area contributed by atoms with Crippen molar-refractivity contribution in [3.63, 3.8) is 0 Å². The van der Waals surface area contributed by atoms with E-state index in [2.05, 4.69) is 19.6 Å². The first-order chi connectivity index (χ1) is 7.88.